The number of aryl methyl sites for hydroxylation is 1. The number of aliphatic hydroxyl groups is 1. The van der Waals surface area contributed by atoms with E-state index in [1.54, 1.807) is 43.1 Å². The van der Waals surface area contributed by atoms with Crippen molar-refractivity contribution in [3.63, 3.8) is 0 Å². The van der Waals surface area contributed by atoms with Gasteiger partial charge >= 0.3 is 0 Å². The van der Waals surface area contributed by atoms with Gasteiger partial charge in [-0.3, -0.25) is 9.59 Å². The lowest BCUT2D eigenvalue weighted by Gasteiger charge is -2.30. The summed E-state index contributed by atoms with van der Waals surface area (Å²) in [4.78, 5) is 32.2. The average Bonchev–Trinajstić information content (AvgIpc) is 3.37. The van der Waals surface area contributed by atoms with E-state index in [0.717, 1.165) is 21.8 Å². The molecule has 0 bridgehead atoms. The van der Waals surface area contributed by atoms with Gasteiger partial charge in [0, 0.05) is 41.5 Å². The van der Waals surface area contributed by atoms with Crippen LogP contribution in [0.3, 0.4) is 0 Å². The third-order valence-electron chi connectivity index (χ3n) is 6.61. The molecule has 1 heterocycles. The molecule has 0 radical (unpaired) electrons. The van der Waals surface area contributed by atoms with Gasteiger partial charge in [-0.15, -0.1) is 11.3 Å². The summed E-state index contributed by atoms with van der Waals surface area (Å²) >= 11 is 1.51. The molecule has 4 aromatic rings. The lowest BCUT2D eigenvalue weighted by Crippen LogP contribution is -2.47. The Morgan fingerprint density at radius 2 is 1.75 bits per heavy atom. The first-order chi connectivity index (χ1) is 19.2. The van der Waals surface area contributed by atoms with E-state index in [9.17, 15) is 14.7 Å². The summed E-state index contributed by atoms with van der Waals surface area (Å²) in [5, 5.41) is 20.5. The second kappa shape index (κ2) is 13.3. The maximum absolute atomic E-state index is 13.2. The van der Waals surface area contributed by atoms with Crippen LogP contribution in [0.2, 0.25) is 0 Å². The van der Waals surface area contributed by atoms with E-state index in [2.05, 4.69) is 15.6 Å². The van der Waals surface area contributed by atoms with Crippen LogP contribution in [-0.2, 0) is 13.1 Å². The zero-order chi connectivity index (χ0) is 28.6. The van der Waals surface area contributed by atoms with Crippen LogP contribution in [0.5, 0.6) is 0 Å². The standard InChI is InChI=1S/C31H35N5O3S/c1-20-19-40-27(34-20)18-36(3)31(39)25-13-8-12-24(16-25)30(38)35-21(2)29(37)28(23-10-5-4-6-11-23)33-17-22-9-7-14-26(32)15-22/h4-16,19,21,28-29,33,37H,17-18,32H2,1-3H3,(H,35,38). The normalized spacial score (nSPS) is 13.3. The minimum atomic E-state index is -0.940. The molecule has 0 aliphatic heterocycles. The molecule has 0 aliphatic rings. The Kier molecular flexibility index (Phi) is 9.65. The number of benzene rings is 3. The summed E-state index contributed by atoms with van der Waals surface area (Å²) in [6, 6.07) is 22.7. The highest BCUT2D eigenvalue weighted by atomic mass is 32.1. The smallest absolute Gasteiger partial charge is 0.253 e. The second-order valence-electron chi connectivity index (χ2n) is 9.89. The van der Waals surface area contributed by atoms with Gasteiger partial charge in [0.05, 0.1) is 24.7 Å². The second-order valence-corrected chi connectivity index (χ2v) is 10.8. The number of hydrogen-bond donors (Lipinski definition) is 4. The summed E-state index contributed by atoms with van der Waals surface area (Å²) in [5.74, 6) is -0.576. The van der Waals surface area contributed by atoms with Gasteiger partial charge in [-0.1, -0.05) is 48.5 Å². The number of thiazole rings is 1. The number of carbonyl (C=O) groups excluding carboxylic acids is 2. The molecule has 40 heavy (non-hydrogen) atoms. The lowest BCUT2D eigenvalue weighted by atomic mass is 9.96. The number of anilines is 1. The highest BCUT2D eigenvalue weighted by molar-refractivity contribution is 7.09. The number of hydrogen-bond acceptors (Lipinski definition) is 7. The van der Waals surface area contributed by atoms with Crippen molar-refractivity contribution in [3.05, 3.63) is 117 Å². The number of rotatable bonds is 11. The fraction of sp³-hybridized carbons (Fsp3) is 0.258. The first-order valence-electron chi connectivity index (χ1n) is 13.1. The molecular weight excluding hydrogens is 522 g/mol. The molecule has 3 aromatic carbocycles. The van der Waals surface area contributed by atoms with Crippen LogP contribution in [0, 0.1) is 6.92 Å². The molecule has 0 fully saturated rings. The van der Waals surface area contributed by atoms with Crippen LogP contribution >= 0.6 is 11.3 Å². The molecule has 3 atom stereocenters. The molecule has 0 saturated carbocycles. The molecule has 0 aliphatic carbocycles. The fourth-order valence-electron chi connectivity index (χ4n) is 4.46. The molecular formula is C31H35N5O3S. The van der Waals surface area contributed by atoms with Gasteiger partial charge in [0.25, 0.3) is 11.8 Å². The number of carbonyl (C=O) groups is 2. The maximum Gasteiger partial charge on any atom is 0.253 e. The Hall–Kier alpha value is -4.05. The number of nitrogen functional groups attached to an aromatic ring is 1. The number of nitrogens with one attached hydrogen (secondary N) is 2. The van der Waals surface area contributed by atoms with Gasteiger partial charge in [-0.2, -0.15) is 0 Å². The van der Waals surface area contributed by atoms with E-state index in [4.69, 9.17) is 5.73 Å². The van der Waals surface area contributed by atoms with Crippen molar-refractivity contribution >= 4 is 28.8 Å². The van der Waals surface area contributed by atoms with Crippen LogP contribution in [0.15, 0.2) is 84.2 Å². The fourth-order valence-corrected chi connectivity index (χ4v) is 5.28. The van der Waals surface area contributed by atoms with Crippen LogP contribution in [0.4, 0.5) is 5.69 Å². The molecule has 0 saturated heterocycles. The summed E-state index contributed by atoms with van der Waals surface area (Å²) in [5.41, 5.74) is 10.1. The Morgan fingerprint density at radius 3 is 2.45 bits per heavy atom. The van der Waals surface area contributed by atoms with Crippen molar-refractivity contribution in [2.45, 2.75) is 45.1 Å². The van der Waals surface area contributed by atoms with Gasteiger partial charge in [0.2, 0.25) is 0 Å². The molecule has 9 heteroatoms. The van der Waals surface area contributed by atoms with Crippen LogP contribution in [-0.4, -0.2) is 46.0 Å². The largest absolute Gasteiger partial charge is 0.399 e. The van der Waals surface area contributed by atoms with Gasteiger partial charge in [-0.25, -0.2) is 4.98 Å². The number of nitrogens with two attached hydrogens (primary N) is 1. The van der Waals surface area contributed by atoms with Gasteiger partial charge < -0.3 is 26.4 Å². The summed E-state index contributed by atoms with van der Waals surface area (Å²) < 4.78 is 0. The first-order valence-corrected chi connectivity index (χ1v) is 14.0. The third kappa shape index (κ3) is 7.53. The van der Waals surface area contributed by atoms with Gasteiger partial charge in [0.1, 0.15) is 5.01 Å². The van der Waals surface area contributed by atoms with Crippen LogP contribution < -0.4 is 16.4 Å². The monoisotopic (exact) mass is 557 g/mol. The summed E-state index contributed by atoms with van der Waals surface area (Å²) in [7, 11) is 1.71. The molecule has 3 unspecified atom stereocenters. The van der Waals surface area contributed by atoms with E-state index >= 15 is 0 Å². The summed E-state index contributed by atoms with van der Waals surface area (Å²) in [6.07, 6.45) is -0.940. The zero-order valence-electron chi connectivity index (χ0n) is 22.9. The highest BCUT2D eigenvalue weighted by Crippen LogP contribution is 2.21. The number of aromatic nitrogens is 1. The SMILES string of the molecule is Cc1csc(CN(C)C(=O)c2cccc(C(=O)NC(C)C(O)C(NCc3cccc(N)c3)c3ccccc3)c2)n1. The van der Waals surface area contributed by atoms with Crippen LogP contribution in [0.25, 0.3) is 0 Å². The first kappa shape index (κ1) is 28.9. The highest BCUT2D eigenvalue weighted by Gasteiger charge is 2.27. The zero-order valence-corrected chi connectivity index (χ0v) is 23.7. The minimum absolute atomic E-state index is 0.203. The molecule has 8 nitrogen and oxygen atoms in total. The lowest BCUT2D eigenvalue weighted by molar-refractivity contribution is 0.0738. The Labute approximate surface area is 238 Å². The number of nitrogens with zero attached hydrogens (tertiary/aromatic N) is 2. The molecule has 5 N–H and O–H groups in total. The molecule has 0 spiro atoms. The summed E-state index contributed by atoms with van der Waals surface area (Å²) in [6.45, 7) is 4.56. The minimum Gasteiger partial charge on any atom is -0.399 e. The Balaban J connectivity index is 1.43. The topological polar surface area (TPSA) is 121 Å². The van der Waals surface area contributed by atoms with Crippen molar-refractivity contribution in [3.8, 4) is 0 Å². The predicted molar refractivity (Wildman–Crippen MR) is 159 cm³/mol. The van der Waals surface area contributed by atoms with Crippen molar-refractivity contribution in [2.75, 3.05) is 12.8 Å². The van der Waals surface area contributed by atoms with E-state index in [1.165, 1.54) is 11.3 Å². The Morgan fingerprint density at radius 1 is 1.02 bits per heavy atom. The quantitative estimate of drug-likeness (QED) is 0.204. The van der Waals surface area contributed by atoms with Gasteiger partial charge in [-0.05, 0) is 55.3 Å². The Bertz CT molecular complexity index is 1440. The molecule has 1 aromatic heterocycles. The van der Waals surface area contributed by atoms with Crippen molar-refractivity contribution < 1.29 is 14.7 Å². The molecule has 4 rings (SSSR count). The van der Waals surface area contributed by atoms with E-state index in [-0.39, 0.29) is 11.8 Å². The molecule has 208 valence electrons. The third-order valence-corrected chi connectivity index (χ3v) is 7.56. The maximum atomic E-state index is 13.2. The number of aliphatic hydroxyl groups excluding tert-OH is 1. The number of amides is 2. The average molecular weight is 558 g/mol. The van der Waals surface area contributed by atoms with Gasteiger partial charge in [0.15, 0.2) is 0 Å². The van der Waals surface area contributed by atoms with E-state index in [0.29, 0.717) is 29.9 Å². The van der Waals surface area contributed by atoms with Crippen molar-refractivity contribution in [1.29, 1.82) is 0 Å². The predicted octanol–water partition coefficient (Wildman–Crippen LogP) is 4.32. The van der Waals surface area contributed by atoms with Crippen molar-refractivity contribution in [2.24, 2.45) is 0 Å². The van der Waals surface area contributed by atoms with Crippen LogP contribution in [0.1, 0.15) is 55.5 Å². The van der Waals surface area contributed by atoms with Crippen molar-refractivity contribution in [1.82, 2.24) is 20.5 Å². The van der Waals surface area contributed by atoms with E-state index < -0.39 is 18.2 Å². The van der Waals surface area contributed by atoms with E-state index in [1.807, 2.05) is 66.9 Å². The molecule has 2 amide bonds.